The number of fused-ring (bicyclic) bond motifs is 2. The first kappa shape index (κ1) is 11.2. The van der Waals surface area contributed by atoms with E-state index in [2.05, 4.69) is 4.98 Å². The van der Waals surface area contributed by atoms with Crippen LogP contribution in [0.2, 0.25) is 0 Å². The van der Waals surface area contributed by atoms with Crippen molar-refractivity contribution in [3.05, 3.63) is 42.2 Å². The molecule has 0 saturated carbocycles. The summed E-state index contributed by atoms with van der Waals surface area (Å²) < 4.78 is 12.7. The van der Waals surface area contributed by atoms with Crippen molar-refractivity contribution < 1.29 is 9.47 Å². The summed E-state index contributed by atoms with van der Waals surface area (Å²) in [6, 6.07) is 7.76. The third-order valence-corrected chi connectivity index (χ3v) is 3.42. The van der Waals surface area contributed by atoms with Gasteiger partial charge in [0.15, 0.2) is 11.5 Å². The maximum Gasteiger partial charge on any atom is 0.231 e. The molecule has 4 rings (SSSR count). The Morgan fingerprint density at radius 3 is 2.90 bits per heavy atom. The number of aromatic nitrogens is 2. The Hall–Kier alpha value is -2.69. The van der Waals surface area contributed by atoms with E-state index in [4.69, 9.17) is 15.2 Å². The summed E-state index contributed by atoms with van der Waals surface area (Å²) in [6.45, 7) is 2.28. The van der Waals surface area contributed by atoms with Crippen molar-refractivity contribution in [3.8, 4) is 22.8 Å². The number of hydrogen-bond donors (Lipinski definition) is 1. The molecule has 100 valence electrons. The van der Waals surface area contributed by atoms with Gasteiger partial charge in [0.1, 0.15) is 5.65 Å². The van der Waals surface area contributed by atoms with Crippen LogP contribution in [0.3, 0.4) is 0 Å². The summed E-state index contributed by atoms with van der Waals surface area (Å²) in [5.41, 5.74) is 10.4. The van der Waals surface area contributed by atoms with Crippen LogP contribution in [-0.4, -0.2) is 16.2 Å². The highest BCUT2D eigenvalue weighted by molar-refractivity contribution is 5.68. The van der Waals surface area contributed by atoms with E-state index in [-0.39, 0.29) is 6.79 Å². The molecule has 1 aromatic carbocycles. The van der Waals surface area contributed by atoms with E-state index in [9.17, 15) is 0 Å². The standard InChI is InChI=1S/C15H13N3O2/c1-9-4-11(16)6-18-7-12(17-15(9)18)10-2-3-13-14(5-10)20-8-19-13/h2-7H,8,16H2,1H3. The minimum absolute atomic E-state index is 0.277. The monoisotopic (exact) mass is 267 g/mol. The van der Waals surface area contributed by atoms with Crippen molar-refractivity contribution in [2.75, 3.05) is 12.5 Å². The van der Waals surface area contributed by atoms with Gasteiger partial charge in [-0.3, -0.25) is 0 Å². The largest absolute Gasteiger partial charge is 0.454 e. The van der Waals surface area contributed by atoms with Crippen LogP contribution in [-0.2, 0) is 0 Å². The van der Waals surface area contributed by atoms with Crippen LogP contribution >= 0.6 is 0 Å². The van der Waals surface area contributed by atoms with Crippen LogP contribution in [0.15, 0.2) is 36.7 Å². The number of anilines is 1. The molecule has 3 aromatic rings. The highest BCUT2D eigenvalue weighted by Crippen LogP contribution is 2.35. The topological polar surface area (TPSA) is 61.8 Å². The first-order valence-corrected chi connectivity index (χ1v) is 6.35. The minimum atomic E-state index is 0.277. The number of imidazole rings is 1. The number of aryl methyl sites for hydroxylation is 1. The van der Waals surface area contributed by atoms with Crippen molar-refractivity contribution in [1.82, 2.24) is 9.38 Å². The second kappa shape index (κ2) is 3.90. The van der Waals surface area contributed by atoms with E-state index < -0.39 is 0 Å². The maximum atomic E-state index is 5.86. The average Bonchev–Trinajstić information content (AvgIpc) is 3.03. The fraction of sp³-hybridized carbons (Fsp3) is 0.133. The van der Waals surface area contributed by atoms with E-state index in [1.165, 1.54) is 0 Å². The summed E-state index contributed by atoms with van der Waals surface area (Å²) >= 11 is 0. The van der Waals surface area contributed by atoms with Gasteiger partial charge in [0.05, 0.1) is 5.69 Å². The molecule has 0 aliphatic carbocycles. The van der Waals surface area contributed by atoms with E-state index in [0.29, 0.717) is 0 Å². The van der Waals surface area contributed by atoms with E-state index >= 15 is 0 Å². The molecule has 2 N–H and O–H groups in total. The molecule has 1 aliphatic rings. The van der Waals surface area contributed by atoms with Crippen LogP contribution in [0.5, 0.6) is 11.5 Å². The van der Waals surface area contributed by atoms with Gasteiger partial charge >= 0.3 is 0 Å². The van der Waals surface area contributed by atoms with Crippen LogP contribution in [0.1, 0.15) is 5.56 Å². The molecule has 0 unspecified atom stereocenters. The number of nitrogens with two attached hydrogens (primary N) is 1. The van der Waals surface area contributed by atoms with Gasteiger partial charge in [0, 0.05) is 23.6 Å². The Bertz CT molecular complexity index is 823. The molecule has 0 atom stereocenters. The third kappa shape index (κ3) is 1.60. The Kier molecular flexibility index (Phi) is 2.18. The number of rotatable bonds is 1. The normalized spacial score (nSPS) is 13.1. The Labute approximate surface area is 115 Å². The van der Waals surface area contributed by atoms with Gasteiger partial charge in [0.25, 0.3) is 0 Å². The quantitative estimate of drug-likeness (QED) is 0.736. The summed E-state index contributed by atoms with van der Waals surface area (Å²) in [5.74, 6) is 1.54. The van der Waals surface area contributed by atoms with Gasteiger partial charge in [-0.05, 0) is 36.8 Å². The average molecular weight is 267 g/mol. The highest BCUT2D eigenvalue weighted by Gasteiger charge is 2.15. The molecule has 5 nitrogen and oxygen atoms in total. The molecule has 0 bridgehead atoms. The number of pyridine rings is 1. The summed E-state index contributed by atoms with van der Waals surface area (Å²) in [5, 5.41) is 0. The van der Waals surface area contributed by atoms with Gasteiger partial charge < -0.3 is 19.6 Å². The smallest absolute Gasteiger partial charge is 0.231 e. The van der Waals surface area contributed by atoms with Crippen LogP contribution in [0.4, 0.5) is 5.69 Å². The van der Waals surface area contributed by atoms with Crippen LogP contribution in [0, 0.1) is 6.92 Å². The second-order valence-electron chi connectivity index (χ2n) is 4.88. The summed E-state index contributed by atoms with van der Waals surface area (Å²) in [7, 11) is 0. The Balaban J connectivity index is 1.88. The van der Waals surface area contributed by atoms with Crippen molar-refractivity contribution in [2.45, 2.75) is 6.92 Å². The summed E-state index contributed by atoms with van der Waals surface area (Å²) in [4.78, 5) is 4.66. The molecule has 0 spiro atoms. The summed E-state index contributed by atoms with van der Waals surface area (Å²) in [6.07, 6.45) is 3.84. The van der Waals surface area contributed by atoms with E-state index in [1.54, 1.807) is 0 Å². The predicted molar refractivity (Wildman–Crippen MR) is 75.9 cm³/mol. The van der Waals surface area contributed by atoms with Gasteiger partial charge in [-0.15, -0.1) is 0 Å². The number of benzene rings is 1. The van der Waals surface area contributed by atoms with Crippen molar-refractivity contribution in [2.24, 2.45) is 0 Å². The van der Waals surface area contributed by atoms with Crippen molar-refractivity contribution in [1.29, 1.82) is 0 Å². The van der Waals surface area contributed by atoms with Gasteiger partial charge in [-0.1, -0.05) is 0 Å². The zero-order valence-electron chi connectivity index (χ0n) is 11.0. The molecule has 1 aliphatic heterocycles. The predicted octanol–water partition coefficient (Wildman–Crippen LogP) is 2.62. The molecule has 0 amide bonds. The lowest BCUT2D eigenvalue weighted by molar-refractivity contribution is 0.174. The molecular weight excluding hydrogens is 254 g/mol. The molecule has 0 fully saturated rings. The lowest BCUT2D eigenvalue weighted by atomic mass is 10.1. The first-order valence-electron chi connectivity index (χ1n) is 6.35. The van der Waals surface area contributed by atoms with Gasteiger partial charge in [0.2, 0.25) is 6.79 Å². The molecule has 0 radical (unpaired) electrons. The fourth-order valence-corrected chi connectivity index (χ4v) is 2.49. The fourth-order valence-electron chi connectivity index (χ4n) is 2.49. The van der Waals surface area contributed by atoms with E-state index in [1.807, 2.05) is 48.0 Å². The van der Waals surface area contributed by atoms with Crippen LogP contribution < -0.4 is 15.2 Å². The molecule has 20 heavy (non-hydrogen) atoms. The first-order chi connectivity index (χ1) is 9.70. The molecule has 2 aromatic heterocycles. The lowest BCUT2D eigenvalue weighted by Gasteiger charge is -1.99. The number of ether oxygens (including phenoxy) is 2. The Morgan fingerprint density at radius 1 is 1.15 bits per heavy atom. The molecule has 5 heteroatoms. The second-order valence-corrected chi connectivity index (χ2v) is 4.88. The number of nitrogen functional groups attached to an aromatic ring is 1. The van der Waals surface area contributed by atoms with Gasteiger partial charge in [-0.25, -0.2) is 4.98 Å². The van der Waals surface area contributed by atoms with Crippen LogP contribution in [0.25, 0.3) is 16.9 Å². The number of nitrogens with zero attached hydrogens (tertiary/aromatic N) is 2. The van der Waals surface area contributed by atoms with Crippen molar-refractivity contribution >= 4 is 11.3 Å². The highest BCUT2D eigenvalue weighted by atomic mass is 16.7. The Morgan fingerprint density at radius 2 is 2.00 bits per heavy atom. The zero-order valence-corrected chi connectivity index (χ0v) is 11.0. The molecule has 3 heterocycles. The maximum absolute atomic E-state index is 5.86. The lowest BCUT2D eigenvalue weighted by Crippen LogP contribution is -1.92. The molecular formula is C15H13N3O2. The number of hydrogen-bond acceptors (Lipinski definition) is 4. The minimum Gasteiger partial charge on any atom is -0.454 e. The van der Waals surface area contributed by atoms with Gasteiger partial charge in [-0.2, -0.15) is 0 Å². The van der Waals surface area contributed by atoms with E-state index in [0.717, 1.165) is 39.7 Å². The molecule has 0 saturated heterocycles. The third-order valence-electron chi connectivity index (χ3n) is 3.42. The SMILES string of the molecule is Cc1cc(N)cn2cc(-c3ccc4c(c3)OCO4)nc12. The van der Waals surface area contributed by atoms with Crippen molar-refractivity contribution in [3.63, 3.8) is 0 Å². The zero-order chi connectivity index (χ0) is 13.7.